The summed E-state index contributed by atoms with van der Waals surface area (Å²) in [6.07, 6.45) is 6.89. The fourth-order valence-corrected chi connectivity index (χ4v) is 4.92. The Balaban J connectivity index is 1.38. The molecule has 2 unspecified atom stereocenters. The lowest BCUT2D eigenvalue weighted by Crippen LogP contribution is -2.58. The number of nitrogens with zero attached hydrogens (tertiary/aromatic N) is 7. The number of carbonyl (C=O) groups excluding carboxylic acids is 1. The minimum absolute atomic E-state index is 0.0160. The Hall–Kier alpha value is -3.13. The summed E-state index contributed by atoms with van der Waals surface area (Å²) < 4.78 is 0. The molecule has 0 radical (unpaired) electrons. The molecule has 0 N–H and O–H groups in total. The molecule has 1 aromatic carbocycles. The lowest BCUT2D eigenvalue weighted by atomic mass is 9.97. The van der Waals surface area contributed by atoms with Gasteiger partial charge < -0.3 is 9.80 Å². The van der Waals surface area contributed by atoms with Crippen molar-refractivity contribution in [3.63, 3.8) is 0 Å². The molecule has 8 heteroatoms. The number of piperazine rings is 1. The quantitative estimate of drug-likeness (QED) is 0.767. The molecular weight excluding hydrogens is 390 g/mol. The number of amides is 1. The number of azo groups is 1. The first kappa shape index (κ1) is 19.8. The van der Waals surface area contributed by atoms with Crippen LogP contribution in [0.1, 0.15) is 32.4 Å². The van der Waals surface area contributed by atoms with Gasteiger partial charge in [-0.05, 0) is 38.5 Å². The number of hydrogen-bond acceptors (Lipinski definition) is 7. The van der Waals surface area contributed by atoms with Crippen LogP contribution in [0.3, 0.4) is 0 Å². The second-order valence-corrected chi connectivity index (χ2v) is 8.68. The van der Waals surface area contributed by atoms with Gasteiger partial charge in [-0.1, -0.05) is 6.07 Å². The van der Waals surface area contributed by atoms with Crippen molar-refractivity contribution < 1.29 is 4.79 Å². The van der Waals surface area contributed by atoms with E-state index in [2.05, 4.69) is 62.9 Å². The lowest BCUT2D eigenvalue weighted by molar-refractivity contribution is -0.124. The highest BCUT2D eigenvalue weighted by Crippen LogP contribution is 2.35. The molecule has 160 valence electrons. The van der Waals surface area contributed by atoms with E-state index in [0.29, 0.717) is 6.04 Å². The van der Waals surface area contributed by atoms with Crippen LogP contribution < -0.4 is 0 Å². The second-order valence-electron chi connectivity index (χ2n) is 8.68. The van der Waals surface area contributed by atoms with Crippen LogP contribution in [0, 0.1) is 0 Å². The van der Waals surface area contributed by atoms with Gasteiger partial charge in [-0.25, -0.2) is 0 Å². The summed E-state index contributed by atoms with van der Waals surface area (Å²) in [6, 6.07) is 6.97. The van der Waals surface area contributed by atoms with E-state index in [9.17, 15) is 4.79 Å². The van der Waals surface area contributed by atoms with Crippen molar-refractivity contribution in [3.05, 3.63) is 59.8 Å². The summed E-state index contributed by atoms with van der Waals surface area (Å²) in [5, 5.41) is 8.48. The predicted octanol–water partition coefficient (Wildman–Crippen LogP) is 3.12. The van der Waals surface area contributed by atoms with E-state index in [1.165, 1.54) is 5.56 Å². The summed E-state index contributed by atoms with van der Waals surface area (Å²) in [5.74, 6) is -0.0160. The molecule has 0 aliphatic carbocycles. The molecule has 8 nitrogen and oxygen atoms in total. The monoisotopic (exact) mass is 417 g/mol. The van der Waals surface area contributed by atoms with Gasteiger partial charge in [-0.15, -0.1) is 0 Å². The molecule has 0 bridgehead atoms. The molecule has 4 heterocycles. The van der Waals surface area contributed by atoms with Gasteiger partial charge in [0.1, 0.15) is 0 Å². The van der Waals surface area contributed by atoms with Crippen molar-refractivity contribution in [1.29, 1.82) is 0 Å². The largest absolute Gasteiger partial charge is 0.367 e. The van der Waals surface area contributed by atoms with Gasteiger partial charge in [0.2, 0.25) is 0 Å². The van der Waals surface area contributed by atoms with E-state index in [1.807, 2.05) is 6.07 Å². The molecule has 0 saturated carbocycles. The fraction of sp³-hybridized carbons (Fsp3) is 0.435. The van der Waals surface area contributed by atoms with Crippen molar-refractivity contribution in [2.75, 3.05) is 20.1 Å². The summed E-state index contributed by atoms with van der Waals surface area (Å²) in [7, 11) is 1.78. The highest BCUT2D eigenvalue weighted by molar-refractivity contribution is 5.91. The first-order chi connectivity index (χ1) is 14.9. The van der Waals surface area contributed by atoms with Crippen LogP contribution in [0.15, 0.2) is 64.5 Å². The Kier molecular flexibility index (Phi) is 4.81. The number of hydrogen-bond donors (Lipinski definition) is 0. The average Bonchev–Trinajstić information content (AvgIpc) is 3.27. The Morgan fingerprint density at radius 2 is 1.81 bits per heavy atom. The Morgan fingerprint density at radius 1 is 1.03 bits per heavy atom. The van der Waals surface area contributed by atoms with Crippen LogP contribution in [0.2, 0.25) is 0 Å². The molecule has 1 amide bonds. The van der Waals surface area contributed by atoms with E-state index in [4.69, 9.17) is 0 Å². The van der Waals surface area contributed by atoms with Crippen LogP contribution in [0.25, 0.3) is 11.0 Å². The first-order valence-corrected chi connectivity index (χ1v) is 10.8. The summed E-state index contributed by atoms with van der Waals surface area (Å²) in [6.45, 7) is 8.45. The molecule has 5 rings (SSSR count). The van der Waals surface area contributed by atoms with E-state index in [-0.39, 0.29) is 24.0 Å². The maximum Gasteiger partial charge on any atom is 0.252 e. The minimum atomic E-state index is -0.180. The van der Waals surface area contributed by atoms with Gasteiger partial charge in [0.05, 0.1) is 28.6 Å². The molecule has 2 aromatic rings. The predicted molar refractivity (Wildman–Crippen MR) is 118 cm³/mol. The van der Waals surface area contributed by atoms with Gasteiger partial charge in [-0.3, -0.25) is 19.7 Å². The summed E-state index contributed by atoms with van der Waals surface area (Å²) in [4.78, 5) is 27.9. The van der Waals surface area contributed by atoms with Crippen LogP contribution >= 0.6 is 0 Å². The van der Waals surface area contributed by atoms with Gasteiger partial charge in [-0.2, -0.15) is 10.2 Å². The van der Waals surface area contributed by atoms with Crippen molar-refractivity contribution in [2.24, 2.45) is 10.2 Å². The lowest BCUT2D eigenvalue weighted by Gasteiger charge is -2.49. The zero-order valence-electron chi connectivity index (χ0n) is 18.3. The molecule has 4 atom stereocenters. The van der Waals surface area contributed by atoms with Crippen molar-refractivity contribution in [3.8, 4) is 0 Å². The van der Waals surface area contributed by atoms with Crippen molar-refractivity contribution >= 4 is 16.9 Å². The Morgan fingerprint density at radius 3 is 2.61 bits per heavy atom. The third-order valence-electron chi connectivity index (χ3n) is 6.76. The summed E-state index contributed by atoms with van der Waals surface area (Å²) >= 11 is 0. The van der Waals surface area contributed by atoms with Crippen LogP contribution in [0.4, 0.5) is 0 Å². The first-order valence-electron chi connectivity index (χ1n) is 10.8. The molecule has 3 aliphatic rings. The molecule has 1 fully saturated rings. The molecular formula is C23H27N7O. The number of likely N-dealkylation sites (N-methyl/N-ethyl adjacent to an activating group) is 1. The highest BCUT2D eigenvalue weighted by Gasteiger charge is 2.40. The van der Waals surface area contributed by atoms with Gasteiger partial charge in [0.15, 0.2) is 6.04 Å². The van der Waals surface area contributed by atoms with Crippen LogP contribution in [0.5, 0.6) is 0 Å². The maximum atomic E-state index is 12.5. The smallest absolute Gasteiger partial charge is 0.252 e. The SMILES string of the molecule is CC(c1ccc2nccnc2c1)N1C[C@H](C)N(C2=CC(=O)N(C)C3=CN=NC32)C[C@H]1C. The van der Waals surface area contributed by atoms with Crippen molar-refractivity contribution in [1.82, 2.24) is 24.7 Å². The molecule has 1 aromatic heterocycles. The zero-order valence-corrected chi connectivity index (χ0v) is 18.3. The van der Waals surface area contributed by atoms with Gasteiger partial charge in [0, 0.05) is 56.7 Å². The number of aromatic nitrogens is 2. The minimum Gasteiger partial charge on any atom is -0.367 e. The Labute approximate surface area is 182 Å². The van der Waals surface area contributed by atoms with Crippen LogP contribution in [-0.4, -0.2) is 68.8 Å². The topological polar surface area (TPSA) is 77.3 Å². The average molecular weight is 418 g/mol. The molecule has 0 spiro atoms. The number of rotatable bonds is 3. The molecule has 31 heavy (non-hydrogen) atoms. The fourth-order valence-electron chi connectivity index (χ4n) is 4.92. The number of fused-ring (bicyclic) bond motifs is 2. The van der Waals surface area contributed by atoms with Gasteiger partial charge >= 0.3 is 0 Å². The summed E-state index contributed by atoms with van der Waals surface area (Å²) in [5.41, 5.74) is 4.90. The van der Waals surface area contributed by atoms with Gasteiger partial charge in [0.25, 0.3) is 5.91 Å². The molecule has 3 aliphatic heterocycles. The zero-order chi connectivity index (χ0) is 21.7. The van der Waals surface area contributed by atoms with Crippen LogP contribution in [-0.2, 0) is 4.79 Å². The normalized spacial score (nSPS) is 27.4. The standard InChI is InChI=1S/C23H27N7O/c1-14-13-30(20-10-22(31)28(4)21-11-26-27-23(20)21)15(2)12-29(14)16(3)17-5-6-18-19(9-17)25-8-7-24-18/h5-11,14-16,23H,12-13H2,1-4H3/t14-,15+,16?,23?/m1/s1. The van der Waals surface area contributed by atoms with Crippen molar-refractivity contribution in [2.45, 2.75) is 44.9 Å². The maximum absolute atomic E-state index is 12.5. The van der Waals surface area contributed by atoms with E-state index in [1.54, 1.807) is 36.6 Å². The Bertz CT molecular complexity index is 1120. The van der Waals surface area contributed by atoms with E-state index < -0.39 is 0 Å². The third kappa shape index (κ3) is 3.31. The number of carbonyl (C=O) groups is 1. The highest BCUT2D eigenvalue weighted by atomic mass is 16.2. The van der Waals surface area contributed by atoms with E-state index in [0.717, 1.165) is 35.5 Å². The third-order valence-corrected chi connectivity index (χ3v) is 6.76. The second kappa shape index (κ2) is 7.53. The molecule has 1 saturated heterocycles. The number of benzene rings is 1. The van der Waals surface area contributed by atoms with E-state index >= 15 is 0 Å².